The third kappa shape index (κ3) is 4.95. The highest BCUT2D eigenvalue weighted by atomic mass is 16.2. The van der Waals surface area contributed by atoms with Crippen molar-refractivity contribution in [3.05, 3.63) is 66.2 Å². The number of amides is 2. The molecular formula is C19H22N2O2. The zero-order valence-electron chi connectivity index (χ0n) is 13.5. The molecule has 4 nitrogen and oxygen atoms in total. The smallest absolute Gasteiger partial charge is 0.246 e. The van der Waals surface area contributed by atoms with E-state index in [9.17, 15) is 9.59 Å². The van der Waals surface area contributed by atoms with Crippen molar-refractivity contribution in [1.29, 1.82) is 0 Å². The number of hydrogen-bond donors (Lipinski definition) is 1. The Bertz CT molecular complexity index is 639. The van der Waals surface area contributed by atoms with E-state index in [0.29, 0.717) is 6.54 Å². The fraction of sp³-hybridized carbons (Fsp3) is 0.263. The van der Waals surface area contributed by atoms with Crippen molar-refractivity contribution >= 4 is 17.5 Å². The van der Waals surface area contributed by atoms with Gasteiger partial charge in [0.1, 0.15) is 0 Å². The van der Waals surface area contributed by atoms with Crippen molar-refractivity contribution in [3.8, 4) is 0 Å². The second-order valence-corrected chi connectivity index (χ2v) is 5.67. The van der Waals surface area contributed by atoms with Gasteiger partial charge in [0.15, 0.2) is 0 Å². The standard InChI is InChI=1S/C19H22N2O2/c1-15(2)19(23)20-13-18(22)21(17-11-7-4-8-12-17)14-16-9-5-3-6-10-16/h3-12,15H,13-14H2,1-2H3,(H,20,23). The number of rotatable bonds is 6. The summed E-state index contributed by atoms with van der Waals surface area (Å²) in [7, 11) is 0. The molecule has 2 aromatic carbocycles. The van der Waals surface area contributed by atoms with E-state index in [0.717, 1.165) is 11.3 Å². The van der Waals surface area contributed by atoms with Crippen LogP contribution in [0.1, 0.15) is 19.4 Å². The maximum Gasteiger partial charge on any atom is 0.246 e. The zero-order valence-corrected chi connectivity index (χ0v) is 13.5. The molecule has 0 aliphatic carbocycles. The van der Waals surface area contributed by atoms with Crippen LogP contribution in [-0.2, 0) is 16.1 Å². The normalized spacial score (nSPS) is 10.4. The van der Waals surface area contributed by atoms with E-state index in [-0.39, 0.29) is 24.3 Å². The van der Waals surface area contributed by atoms with Gasteiger partial charge >= 0.3 is 0 Å². The number of para-hydroxylation sites is 1. The van der Waals surface area contributed by atoms with Crippen molar-refractivity contribution in [2.45, 2.75) is 20.4 Å². The van der Waals surface area contributed by atoms with E-state index in [1.807, 2.05) is 60.7 Å². The van der Waals surface area contributed by atoms with Gasteiger partial charge in [-0.3, -0.25) is 9.59 Å². The van der Waals surface area contributed by atoms with Crippen LogP contribution in [0.3, 0.4) is 0 Å². The second kappa shape index (κ2) is 8.13. The Hall–Kier alpha value is -2.62. The predicted molar refractivity (Wildman–Crippen MR) is 91.9 cm³/mol. The first-order valence-electron chi connectivity index (χ1n) is 7.75. The van der Waals surface area contributed by atoms with Crippen molar-refractivity contribution in [2.75, 3.05) is 11.4 Å². The second-order valence-electron chi connectivity index (χ2n) is 5.67. The van der Waals surface area contributed by atoms with Crippen molar-refractivity contribution in [2.24, 2.45) is 5.92 Å². The van der Waals surface area contributed by atoms with Crippen LogP contribution in [-0.4, -0.2) is 18.4 Å². The molecule has 0 aliphatic rings. The Kier molecular flexibility index (Phi) is 5.92. The Balaban J connectivity index is 2.13. The minimum absolute atomic E-state index is 0.00125. The Labute approximate surface area is 137 Å². The summed E-state index contributed by atoms with van der Waals surface area (Å²) >= 11 is 0. The Morgan fingerprint density at radius 1 is 0.957 bits per heavy atom. The molecule has 0 atom stereocenters. The largest absolute Gasteiger partial charge is 0.347 e. The molecule has 0 unspecified atom stereocenters. The van der Waals surface area contributed by atoms with E-state index in [1.165, 1.54) is 0 Å². The van der Waals surface area contributed by atoms with Gasteiger partial charge in [0.2, 0.25) is 11.8 Å². The molecule has 0 spiro atoms. The van der Waals surface area contributed by atoms with Crippen molar-refractivity contribution < 1.29 is 9.59 Å². The van der Waals surface area contributed by atoms with Gasteiger partial charge in [-0.15, -0.1) is 0 Å². The molecule has 2 aromatic rings. The molecule has 1 N–H and O–H groups in total. The summed E-state index contributed by atoms with van der Waals surface area (Å²) in [4.78, 5) is 26.0. The average Bonchev–Trinajstić information content (AvgIpc) is 2.58. The summed E-state index contributed by atoms with van der Waals surface area (Å²) < 4.78 is 0. The van der Waals surface area contributed by atoms with Gasteiger partial charge < -0.3 is 10.2 Å². The maximum absolute atomic E-state index is 12.6. The lowest BCUT2D eigenvalue weighted by Gasteiger charge is -2.23. The molecule has 0 radical (unpaired) electrons. The van der Waals surface area contributed by atoms with E-state index < -0.39 is 0 Å². The van der Waals surface area contributed by atoms with Crippen LogP contribution < -0.4 is 10.2 Å². The molecule has 0 fully saturated rings. The Morgan fingerprint density at radius 2 is 1.52 bits per heavy atom. The van der Waals surface area contributed by atoms with Crippen LogP contribution in [0.15, 0.2) is 60.7 Å². The number of carbonyl (C=O) groups excluding carboxylic acids is 2. The van der Waals surface area contributed by atoms with E-state index in [4.69, 9.17) is 0 Å². The average molecular weight is 310 g/mol. The van der Waals surface area contributed by atoms with Gasteiger partial charge in [0.05, 0.1) is 13.1 Å². The lowest BCUT2D eigenvalue weighted by atomic mass is 10.2. The van der Waals surface area contributed by atoms with Crippen LogP contribution >= 0.6 is 0 Å². The number of nitrogens with zero attached hydrogens (tertiary/aromatic N) is 1. The zero-order chi connectivity index (χ0) is 16.7. The van der Waals surface area contributed by atoms with Crippen LogP contribution in [0.4, 0.5) is 5.69 Å². The van der Waals surface area contributed by atoms with Crippen molar-refractivity contribution in [3.63, 3.8) is 0 Å². The summed E-state index contributed by atoms with van der Waals surface area (Å²) in [5.41, 5.74) is 1.86. The highest BCUT2D eigenvalue weighted by Crippen LogP contribution is 2.17. The lowest BCUT2D eigenvalue weighted by Crippen LogP contribution is -2.41. The third-order valence-corrected chi connectivity index (χ3v) is 3.49. The van der Waals surface area contributed by atoms with Gasteiger partial charge in [-0.25, -0.2) is 0 Å². The fourth-order valence-electron chi connectivity index (χ4n) is 2.16. The van der Waals surface area contributed by atoms with Gasteiger partial charge in [0.25, 0.3) is 0 Å². The van der Waals surface area contributed by atoms with E-state index >= 15 is 0 Å². The molecule has 2 rings (SSSR count). The quantitative estimate of drug-likeness (QED) is 0.891. The topological polar surface area (TPSA) is 49.4 Å². The molecule has 0 aromatic heterocycles. The molecule has 0 saturated heterocycles. The predicted octanol–water partition coefficient (Wildman–Crippen LogP) is 2.99. The lowest BCUT2D eigenvalue weighted by molar-refractivity contribution is -0.127. The molecule has 0 saturated carbocycles. The highest BCUT2D eigenvalue weighted by Gasteiger charge is 2.17. The SMILES string of the molecule is CC(C)C(=O)NCC(=O)N(Cc1ccccc1)c1ccccc1. The van der Waals surface area contributed by atoms with Gasteiger partial charge in [0, 0.05) is 11.6 Å². The van der Waals surface area contributed by atoms with Crippen LogP contribution in [0, 0.1) is 5.92 Å². The first kappa shape index (κ1) is 16.7. The minimum Gasteiger partial charge on any atom is -0.347 e. The molecule has 4 heteroatoms. The first-order chi connectivity index (χ1) is 11.1. The van der Waals surface area contributed by atoms with Gasteiger partial charge in [-0.1, -0.05) is 62.4 Å². The highest BCUT2D eigenvalue weighted by molar-refractivity contribution is 5.96. The molecule has 0 bridgehead atoms. The maximum atomic E-state index is 12.6. The van der Waals surface area contributed by atoms with Crippen LogP contribution in [0.25, 0.3) is 0 Å². The molecule has 23 heavy (non-hydrogen) atoms. The summed E-state index contributed by atoms with van der Waals surface area (Å²) in [6.45, 7) is 4.08. The Morgan fingerprint density at radius 3 is 2.09 bits per heavy atom. The number of anilines is 1. The van der Waals surface area contributed by atoms with Crippen molar-refractivity contribution in [1.82, 2.24) is 5.32 Å². The third-order valence-electron chi connectivity index (χ3n) is 3.49. The minimum atomic E-state index is -0.137. The number of benzene rings is 2. The molecule has 2 amide bonds. The summed E-state index contributed by atoms with van der Waals surface area (Å²) in [6.07, 6.45) is 0. The van der Waals surface area contributed by atoms with E-state index in [2.05, 4.69) is 5.32 Å². The molecule has 0 aliphatic heterocycles. The number of carbonyl (C=O) groups is 2. The van der Waals surface area contributed by atoms with Gasteiger partial charge in [-0.2, -0.15) is 0 Å². The molecule has 0 heterocycles. The number of nitrogens with one attached hydrogen (secondary N) is 1. The summed E-state index contributed by atoms with van der Waals surface area (Å²) in [5, 5.41) is 2.69. The summed E-state index contributed by atoms with van der Waals surface area (Å²) in [5.74, 6) is -0.387. The fourth-order valence-corrected chi connectivity index (χ4v) is 2.16. The van der Waals surface area contributed by atoms with Gasteiger partial charge in [-0.05, 0) is 17.7 Å². The van der Waals surface area contributed by atoms with E-state index in [1.54, 1.807) is 18.7 Å². The monoisotopic (exact) mass is 310 g/mol. The number of hydrogen-bond acceptors (Lipinski definition) is 2. The summed E-state index contributed by atoms with van der Waals surface area (Å²) in [6, 6.07) is 19.3. The van der Waals surface area contributed by atoms with Crippen LogP contribution in [0.5, 0.6) is 0 Å². The molecule has 120 valence electrons. The first-order valence-corrected chi connectivity index (χ1v) is 7.75. The van der Waals surface area contributed by atoms with Crippen LogP contribution in [0.2, 0.25) is 0 Å². The molecular weight excluding hydrogens is 288 g/mol.